The number of nitrogens with zero attached hydrogens (tertiary/aromatic N) is 1. The predicted molar refractivity (Wildman–Crippen MR) is 76.2 cm³/mol. The molecule has 0 bridgehead atoms. The van der Waals surface area contributed by atoms with Crippen molar-refractivity contribution in [1.82, 2.24) is 10.0 Å². The zero-order valence-electron chi connectivity index (χ0n) is 11.5. The molecule has 1 aromatic rings. The van der Waals surface area contributed by atoms with E-state index in [2.05, 4.69) is 10.0 Å². The fourth-order valence-corrected chi connectivity index (χ4v) is 2.78. The zero-order valence-corrected chi connectivity index (χ0v) is 12.4. The van der Waals surface area contributed by atoms with E-state index in [0.717, 1.165) is 13.0 Å². The molecule has 0 aliphatic rings. The first-order valence-electron chi connectivity index (χ1n) is 6.34. The van der Waals surface area contributed by atoms with Crippen molar-refractivity contribution in [3.63, 3.8) is 0 Å². The SMILES string of the molecule is CCCNCCNS(=O)(=O)c1ccc([N+](=O)[O-])c(C)c1. The number of hydrogen-bond acceptors (Lipinski definition) is 5. The van der Waals surface area contributed by atoms with Crippen LogP contribution < -0.4 is 10.0 Å². The topological polar surface area (TPSA) is 101 Å². The van der Waals surface area contributed by atoms with Gasteiger partial charge in [-0.25, -0.2) is 13.1 Å². The third-order valence-corrected chi connectivity index (χ3v) is 4.15. The van der Waals surface area contributed by atoms with Crippen molar-refractivity contribution in [3.8, 4) is 0 Å². The van der Waals surface area contributed by atoms with Crippen LogP contribution in [0.1, 0.15) is 18.9 Å². The Morgan fingerprint density at radius 2 is 1.95 bits per heavy atom. The first-order chi connectivity index (χ1) is 9.38. The molecule has 0 saturated heterocycles. The van der Waals surface area contributed by atoms with E-state index in [-0.39, 0.29) is 17.1 Å². The number of nitro groups is 1. The fourth-order valence-electron chi connectivity index (χ4n) is 1.66. The molecule has 0 atom stereocenters. The van der Waals surface area contributed by atoms with Gasteiger partial charge in [0.1, 0.15) is 0 Å². The summed E-state index contributed by atoms with van der Waals surface area (Å²) in [6.07, 6.45) is 0.980. The quantitative estimate of drug-likeness (QED) is 0.426. The van der Waals surface area contributed by atoms with Crippen molar-refractivity contribution >= 4 is 15.7 Å². The van der Waals surface area contributed by atoms with Crippen LogP contribution >= 0.6 is 0 Å². The number of aryl methyl sites for hydroxylation is 1. The lowest BCUT2D eigenvalue weighted by Gasteiger charge is -2.08. The minimum atomic E-state index is -3.63. The Bertz CT molecular complexity index is 572. The maximum atomic E-state index is 12.0. The molecular weight excluding hydrogens is 282 g/mol. The van der Waals surface area contributed by atoms with Gasteiger partial charge in [0, 0.05) is 24.7 Å². The standard InChI is InChI=1S/C12H19N3O4S/c1-3-6-13-7-8-14-20(18,19)11-4-5-12(15(16)17)10(2)9-11/h4-5,9,13-14H,3,6-8H2,1-2H3. The predicted octanol–water partition coefficient (Wildman–Crippen LogP) is 1.18. The molecule has 1 aromatic carbocycles. The second-order valence-corrected chi connectivity index (χ2v) is 6.12. The van der Waals surface area contributed by atoms with Crippen LogP contribution in [-0.2, 0) is 10.0 Å². The van der Waals surface area contributed by atoms with Gasteiger partial charge in [-0.2, -0.15) is 0 Å². The Morgan fingerprint density at radius 3 is 2.50 bits per heavy atom. The average molecular weight is 301 g/mol. The molecular formula is C12H19N3O4S. The molecule has 0 heterocycles. The van der Waals surface area contributed by atoms with Crippen LogP contribution in [0.15, 0.2) is 23.1 Å². The smallest absolute Gasteiger partial charge is 0.272 e. The van der Waals surface area contributed by atoms with E-state index in [0.29, 0.717) is 12.1 Å². The number of nitrogens with one attached hydrogen (secondary N) is 2. The molecule has 0 saturated carbocycles. The highest BCUT2D eigenvalue weighted by atomic mass is 32.2. The molecule has 0 aromatic heterocycles. The summed E-state index contributed by atoms with van der Waals surface area (Å²) in [5.74, 6) is 0. The number of nitro benzene ring substituents is 1. The number of hydrogen-bond donors (Lipinski definition) is 2. The van der Waals surface area contributed by atoms with Gasteiger partial charge in [-0.3, -0.25) is 10.1 Å². The Balaban J connectivity index is 2.73. The van der Waals surface area contributed by atoms with Gasteiger partial charge < -0.3 is 5.32 Å². The Labute approximate surface area is 118 Å². The van der Waals surface area contributed by atoms with Crippen LogP contribution in [-0.4, -0.2) is 33.0 Å². The lowest BCUT2D eigenvalue weighted by molar-refractivity contribution is -0.385. The van der Waals surface area contributed by atoms with Gasteiger partial charge in [-0.15, -0.1) is 0 Å². The highest BCUT2D eigenvalue weighted by molar-refractivity contribution is 7.89. The van der Waals surface area contributed by atoms with Crippen LogP contribution in [0.5, 0.6) is 0 Å². The van der Waals surface area contributed by atoms with Crippen molar-refractivity contribution in [3.05, 3.63) is 33.9 Å². The maximum Gasteiger partial charge on any atom is 0.272 e. The monoisotopic (exact) mass is 301 g/mol. The Hall–Kier alpha value is -1.51. The minimum absolute atomic E-state index is 0.0380. The summed E-state index contributed by atoms with van der Waals surface area (Å²) in [7, 11) is -3.63. The van der Waals surface area contributed by atoms with Crippen molar-refractivity contribution in [2.45, 2.75) is 25.2 Å². The van der Waals surface area contributed by atoms with E-state index in [1.165, 1.54) is 25.1 Å². The van der Waals surface area contributed by atoms with Gasteiger partial charge in [0.2, 0.25) is 10.0 Å². The van der Waals surface area contributed by atoms with Crippen molar-refractivity contribution in [2.75, 3.05) is 19.6 Å². The van der Waals surface area contributed by atoms with Crippen LogP contribution in [0.2, 0.25) is 0 Å². The van der Waals surface area contributed by atoms with E-state index in [4.69, 9.17) is 0 Å². The second-order valence-electron chi connectivity index (χ2n) is 4.35. The number of sulfonamides is 1. The molecule has 20 heavy (non-hydrogen) atoms. The highest BCUT2D eigenvalue weighted by Crippen LogP contribution is 2.21. The lowest BCUT2D eigenvalue weighted by Crippen LogP contribution is -2.32. The molecule has 0 radical (unpaired) electrons. The van der Waals surface area contributed by atoms with E-state index < -0.39 is 14.9 Å². The zero-order chi connectivity index (χ0) is 15.2. The van der Waals surface area contributed by atoms with E-state index in [9.17, 15) is 18.5 Å². The third kappa shape index (κ3) is 4.55. The summed E-state index contributed by atoms with van der Waals surface area (Å²) in [6.45, 7) is 5.19. The summed E-state index contributed by atoms with van der Waals surface area (Å²) in [5, 5.41) is 13.8. The van der Waals surface area contributed by atoms with Gasteiger partial charge in [-0.1, -0.05) is 6.92 Å². The summed E-state index contributed by atoms with van der Waals surface area (Å²) in [4.78, 5) is 10.2. The van der Waals surface area contributed by atoms with Gasteiger partial charge in [0.25, 0.3) is 5.69 Å². The average Bonchev–Trinajstić information content (AvgIpc) is 2.37. The molecule has 8 heteroatoms. The first kappa shape index (κ1) is 16.5. The van der Waals surface area contributed by atoms with Crippen molar-refractivity contribution < 1.29 is 13.3 Å². The van der Waals surface area contributed by atoms with E-state index in [1.807, 2.05) is 6.92 Å². The molecule has 0 spiro atoms. The van der Waals surface area contributed by atoms with Crippen LogP contribution in [0.4, 0.5) is 5.69 Å². The number of rotatable bonds is 8. The lowest BCUT2D eigenvalue weighted by atomic mass is 10.2. The van der Waals surface area contributed by atoms with E-state index >= 15 is 0 Å². The molecule has 0 fully saturated rings. The van der Waals surface area contributed by atoms with Crippen LogP contribution in [0.3, 0.4) is 0 Å². The summed E-state index contributed by atoms with van der Waals surface area (Å²) in [6, 6.07) is 3.76. The van der Waals surface area contributed by atoms with Crippen LogP contribution in [0.25, 0.3) is 0 Å². The van der Waals surface area contributed by atoms with Gasteiger partial charge in [0.05, 0.1) is 9.82 Å². The van der Waals surface area contributed by atoms with Crippen molar-refractivity contribution in [1.29, 1.82) is 0 Å². The molecule has 112 valence electrons. The first-order valence-corrected chi connectivity index (χ1v) is 7.82. The normalized spacial score (nSPS) is 11.5. The number of benzene rings is 1. The van der Waals surface area contributed by atoms with Gasteiger partial charge >= 0.3 is 0 Å². The molecule has 0 amide bonds. The highest BCUT2D eigenvalue weighted by Gasteiger charge is 2.17. The largest absolute Gasteiger partial charge is 0.315 e. The fraction of sp³-hybridized carbons (Fsp3) is 0.500. The summed E-state index contributed by atoms with van der Waals surface area (Å²) in [5.41, 5.74) is 0.232. The molecule has 1 rings (SSSR count). The molecule has 0 unspecified atom stereocenters. The van der Waals surface area contributed by atoms with Gasteiger partial charge in [-0.05, 0) is 32.0 Å². The Kier molecular flexibility index (Phi) is 6.05. The minimum Gasteiger partial charge on any atom is -0.315 e. The Morgan fingerprint density at radius 1 is 1.25 bits per heavy atom. The van der Waals surface area contributed by atoms with E-state index in [1.54, 1.807) is 0 Å². The third-order valence-electron chi connectivity index (χ3n) is 2.70. The molecule has 7 nitrogen and oxygen atoms in total. The molecule has 2 N–H and O–H groups in total. The van der Waals surface area contributed by atoms with Crippen molar-refractivity contribution in [2.24, 2.45) is 0 Å². The molecule has 0 aliphatic carbocycles. The van der Waals surface area contributed by atoms with Crippen LogP contribution in [0, 0.1) is 17.0 Å². The summed E-state index contributed by atoms with van der Waals surface area (Å²) >= 11 is 0. The second kappa shape index (κ2) is 7.32. The summed E-state index contributed by atoms with van der Waals surface area (Å²) < 4.78 is 26.4. The molecule has 0 aliphatic heterocycles. The maximum absolute atomic E-state index is 12.0. The van der Waals surface area contributed by atoms with Gasteiger partial charge in [0.15, 0.2) is 0 Å².